The summed E-state index contributed by atoms with van der Waals surface area (Å²) in [6.45, 7) is 0.925. The van der Waals surface area contributed by atoms with E-state index < -0.39 is 4.92 Å². The molecular formula is C21H18N6O2S. The van der Waals surface area contributed by atoms with Crippen LogP contribution in [0.2, 0.25) is 0 Å². The van der Waals surface area contributed by atoms with Crippen molar-refractivity contribution in [1.82, 2.24) is 15.0 Å². The van der Waals surface area contributed by atoms with Gasteiger partial charge in [-0.15, -0.1) is 11.3 Å². The van der Waals surface area contributed by atoms with E-state index in [2.05, 4.69) is 20.3 Å². The monoisotopic (exact) mass is 418 g/mol. The molecule has 2 aromatic heterocycles. The van der Waals surface area contributed by atoms with Crippen molar-refractivity contribution in [2.24, 2.45) is 0 Å². The maximum atomic E-state index is 12.0. The van der Waals surface area contributed by atoms with Crippen LogP contribution in [0.5, 0.6) is 0 Å². The number of nitrogens with one attached hydrogen (secondary N) is 1. The second-order valence-electron chi connectivity index (χ2n) is 6.44. The van der Waals surface area contributed by atoms with Crippen molar-refractivity contribution in [3.8, 4) is 0 Å². The molecule has 2 aromatic carbocycles. The molecule has 4 rings (SSSR count). The zero-order valence-electron chi connectivity index (χ0n) is 15.9. The van der Waals surface area contributed by atoms with Gasteiger partial charge in [-0.1, -0.05) is 60.7 Å². The molecule has 9 heteroatoms. The quantitative estimate of drug-likeness (QED) is 0.324. The van der Waals surface area contributed by atoms with Crippen molar-refractivity contribution in [3.05, 3.63) is 99.8 Å². The summed E-state index contributed by atoms with van der Waals surface area (Å²) in [4.78, 5) is 26.0. The predicted octanol–water partition coefficient (Wildman–Crippen LogP) is 4.79. The van der Waals surface area contributed by atoms with Gasteiger partial charge in [-0.2, -0.15) is 0 Å². The van der Waals surface area contributed by atoms with E-state index in [1.807, 2.05) is 65.6 Å². The minimum Gasteiger partial charge on any atom is -0.342 e. The van der Waals surface area contributed by atoms with Gasteiger partial charge in [0.2, 0.25) is 11.6 Å². The maximum Gasteiger partial charge on any atom is 0.353 e. The van der Waals surface area contributed by atoms with Gasteiger partial charge in [0.15, 0.2) is 5.13 Å². The molecule has 30 heavy (non-hydrogen) atoms. The molecule has 0 aliphatic heterocycles. The van der Waals surface area contributed by atoms with Crippen LogP contribution in [-0.4, -0.2) is 19.9 Å². The number of hydrogen-bond acceptors (Lipinski definition) is 8. The van der Waals surface area contributed by atoms with Crippen LogP contribution in [0.15, 0.2) is 78.6 Å². The van der Waals surface area contributed by atoms with Crippen LogP contribution in [-0.2, 0) is 13.1 Å². The molecule has 0 radical (unpaired) electrons. The smallest absolute Gasteiger partial charge is 0.342 e. The lowest BCUT2D eigenvalue weighted by molar-refractivity contribution is -0.383. The standard InChI is InChI=1S/C21H18N6O2S/c28-27(29)18-19(25-21-22-11-12-30-21)23-15-24-20(18)26(13-16-7-3-1-4-8-16)14-17-9-5-2-6-10-17/h1-12,15H,13-14H2,(H,22,23,24,25). The number of benzene rings is 2. The van der Waals surface area contributed by atoms with Crippen LogP contribution in [0.25, 0.3) is 0 Å². The van der Waals surface area contributed by atoms with Gasteiger partial charge in [0.05, 0.1) is 4.92 Å². The average Bonchev–Trinajstić information content (AvgIpc) is 3.27. The number of thiazole rings is 1. The van der Waals surface area contributed by atoms with Crippen LogP contribution in [0.3, 0.4) is 0 Å². The molecule has 4 aromatic rings. The molecule has 0 spiro atoms. The van der Waals surface area contributed by atoms with E-state index in [1.165, 1.54) is 17.7 Å². The summed E-state index contributed by atoms with van der Waals surface area (Å²) >= 11 is 1.34. The molecule has 0 bridgehead atoms. The highest BCUT2D eigenvalue weighted by Gasteiger charge is 2.28. The lowest BCUT2D eigenvalue weighted by Gasteiger charge is -2.24. The topological polar surface area (TPSA) is 97.1 Å². The Morgan fingerprint density at radius 3 is 2.10 bits per heavy atom. The van der Waals surface area contributed by atoms with Crippen LogP contribution in [0, 0.1) is 10.1 Å². The highest BCUT2D eigenvalue weighted by atomic mass is 32.1. The Balaban J connectivity index is 1.75. The molecule has 0 unspecified atom stereocenters. The Labute approximate surface area is 177 Å². The lowest BCUT2D eigenvalue weighted by Crippen LogP contribution is -2.24. The van der Waals surface area contributed by atoms with E-state index in [1.54, 1.807) is 11.6 Å². The SMILES string of the molecule is O=[N+]([O-])c1c(Nc2nccs2)ncnc1N(Cc1ccccc1)Cc1ccccc1. The summed E-state index contributed by atoms with van der Waals surface area (Å²) in [5, 5.41) is 17.3. The molecule has 0 amide bonds. The predicted molar refractivity (Wildman–Crippen MR) is 117 cm³/mol. The van der Waals surface area contributed by atoms with Gasteiger partial charge in [0, 0.05) is 24.7 Å². The maximum absolute atomic E-state index is 12.0. The highest BCUT2D eigenvalue weighted by Crippen LogP contribution is 2.35. The number of aromatic nitrogens is 3. The number of anilines is 3. The first kappa shape index (κ1) is 19.5. The van der Waals surface area contributed by atoms with E-state index in [4.69, 9.17) is 0 Å². The second kappa shape index (κ2) is 9.10. The van der Waals surface area contributed by atoms with E-state index >= 15 is 0 Å². The van der Waals surface area contributed by atoms with Crippen LogP contribution in [0.1, 0.15) is 11.1 Å². The molecule has 0 aliphatic rings. The third-order valence-corrected chi connectivity index (χ3v) is 5.06. The highest BCUT2D eigenvalue weighted by molar-refractivity contribution is 7.13. The first-order chi connectivity index (χ1) is 14.7. The van der Waals surface area contributed by atoms with E-state index in [-0.39, 0.29) is 17.3 Å². The second-order valence-corrected chi connectivity index (χ2v) is 7.34. The molecule has 0 fully saturated rings. The van der Waals surface area contributed by atoms with E-state index in [9.17, 15) is 10.1 Å². The number of nitrogens with zero attached hydrogens (tertiary/aromatic N) is 5. The molecule has 0 aliphatic carbocycles. The van der Waals surface area contributed by atoms with E-state index in [0.29, 0.717) is 18.2 Å². The summed E-state index contributed by atoms with van der Waals surface area (Å²) in [7, 11) is 0. The van der Waals surface area contributed by atoms with Gasteiger partial charge >= 0.3 is 5.69 Å². The van der Waals surface area contributed by atoms with Crippen molar-refractivity contribution < 1.29 is 4.92 Å². The summed E-state index contributed by atoms with van der Waals surface area (Å²) in [6, 6.07) is 19.6. The fourth-order valence-corrected chi connectivity index (χ4v) is 3.59. The summed E-state index contributed by atoms with van der Waals surface area (Å²) in [5.41, 5.74) is 1.87. The van der Waals surface area contributed by atoms with Gasteiger partial charge in [-0.25, -0.2) is 15.0 Å². The Morgan fingerprint density at radius 1 is 0.933 bits per heavy atom. The fourth-order valence-electron chi connectivity index (χ4n) is 3.06. The van der Waals surface area contributed by atoms with E-state index in [0.717, 1.165) is 11.1 Å². The molecule has 0 saturated heterocycles. The molecule has 2 heterocycles. The van der Waals surface area contributed by atoms with Crippen molar-refractivity contribution >= 4 is 33.8 Å². The summed E-state index contributed by atoms with van der Waals surface area (Å²) < 4.78 is 0. The number of hydrogen-bond donors (Lipinski definition) is 1. The van der Waals surface area contributed by atoms with Crippen LogP contribution < -0.4 is 10.2 Å². The molecular weight excluding hydrogens is 400 g/mol. The number of nitro groups is 1. The minimum atomic E-state index is -0.450. The third kappa shape index (κ3) is 4.58. The van der Waals surface area contributed by atoms with Gasteiger partial charge in [-0.3, -0.25) is 10.1 Å². The Bertz CT molecular complexity index is 1070. The third-order valence-electron chi connectivity index (χ3n) is 4.38. The van der Waals surface area contributed by atoms with Gasteiger partial charge in [0.25, 0.3) is 0 Å². The lowest BCUT2D eigenvalue weighted by atomic mass is 10.1. The Morgan fingerprint density at radius 2 is 1.57 bits per heavy atom. The minimum absolute atomic E-state index is 0.117. The van der Waals surface area contributed by atoms with Crippen LogP contribution in [0.4, 0.5) is 22.5 Å². The molecule has 8 nitrogen and oxygen atoms in total. The summed E-state index contributed by atoms with van der Waals surface area (Å²) in [5.74, 6) is 0.368. The van der Waals surface area contributed by atoms with Crippen molar-refractivity contribution in [3.63, 3.8) is 0 Å². The normalized spacial score (nSPS) is 10.5. The molecule has 0 atom stereocenters. The zero-order chi connectivity index (χ0) is 20.8. The van der Waals surface area contributed by atoms with Crippen molar-refractivity contribution in [2.75, 3.05) is 10.2 Å². The average molecular weight is 418 g/mol. The first-order valence-electron chi connectivity index (χ1n) is 9.19. The van der Waals surface area contributed by atoms with Crippen LogP contribution >= 0.6 is 11.3 Å². The van der Waals surface area contributed by atoms with Crippen molar-refractivity contribution in [1.29, 1.82) is 0 Å². The van der Waals surface area contributed by atoms with Crippen molar-refractivity contribution in [2.45, 2.75) is 13.1 Å². The molecule has 0 saturated carbocycles. The number of rotatable bonds is 8. The Hall–Kier alpha value is -3.85. The molecule has 150 valence electrons. The first-order valence-corrected chi connectivity index (χ1v) is 10.1. The summed E-state index contributed by atoms with van der Waals surface area (Å²) in [6.07, 6.45) is 2.96. The van der Waals surface area contributed by atoms with Gasteiger partial charge < -0.3 is 10.2 Å². The van der Waals surface area contributed by atoms with Gasteiger partial charge in [0.1, 0.15) is 6.33 Å². The fraction of sp³-hybridized carbons (Fsp3) is 0.0952. The van der Waals surface area contributed by atoms with Gasteiger partial charge in [-0.05, 0) is 11.1 Å². The molecule has 1 N–H and O–H groups in total. The Kier molecular flexibility index (Phi) is 5.90. The zero-order valence-corrected chi connectivity index (χ0v) is 16.7. The largest absolute Gasteiger partial charge is 0.353 e.